The molecule has 20 heavy (non-hydrogen) atoms. The minimum absolute atomic E-state index is 0.196. The van der Waals surface area contributed by atoms with Crippen LogP contribution in [0, 0.1) is 19.7 Å². The first kappa shape index (κ1) is 14.7. The number of hydrogen-bond acceptors (Lipinski definition) is 4. The first-order valence-corrected chi connectivity index (χ1v) is 7.58. The van der Waals surface area contributed by atoms with Crippen LogP contribution >= 0.6 is 0 Å². The van der Waals surface area contributed by atoms with Gasteiger partial charge in [-0.1, -0.05) is 0 Å². The predicted molar refractivity (Wildman–Crippen MR) is 74.5 cm³/mol. The van der Waals surface area contributed by atoms with E-state index in [2.05, 4.69) is 4.98 Å². The molecule has 0 saturated heterocycles. The van der Waals surface area contributed by atoms with Crippen molar-refractivity contribution in [2.24, 2.45) is 0 Å². The van der Waals surface area contributed by atoms with Crippen molar-refractivity contribution in [1.29, 1.82) is 0 Å². The lowest BCUT2D eigenvalue weighted by Gasteiger charge is -2.07. The Morgan fingerprint density at radius 1 is 1.35 bits per heavy atom. The van der Waals surface area contributed by atoms with Crippen LogP contribution in [-0.4, -0.2) is 16.3 Å². The molecule has 4 nitrogen and oxygen atoms in total. The predicted octanol–water partition coefficient (Wildman–Crippen LogP) is 2.89. The Kier molecular flexibility index (Phi) is 4.54. The minimum Gasteiger partial charge on any atom is -0.496 e. The molecule has 1 heterocycles. The average molecular weight is 297 g/mol. The van der Waals surface area contributed by atoms with Crippen LogP contribution in [0.5, 0.6) is 5.75 Å². The molecular weight excluding hydrogens is 281 g/mol. The summed E-state index contributed by atoms with van der Waals surface area (Å²) in [4.78, 5) is 4.19. The zero-order valence-corrected chi connectivity index (χ0v) is 12.4. The Hall–Kier alpha value is -1.69. The fourth-order valence-corrected chi connectivity index (χ4v) is 2.90. The topological polar surface area (TPSA) is 52.3 Å². The Morgan fingerprint density at radius 2 is 2.10 bits per heavy atom. The van der Waals surface area contributed by atoms with Gasteiger partial charge in [0.05, 0.1) is 18.6 Å². The third-order valence-corrected chi connectivity index (χ3v) is 4.12. The number of aromatic nitrogens is 1. The maximum absolute atomic E-state index is 13.2. The standard InChI is InChI=1S/C14H16FNO3S/c1-9-10(2)19-14(16-9)8-20(17)7-11-6-12(15)4-5-13(11)18-3/h4-6H,7-8H2,1-3H3/t20-/m0/s1. The maximum atomic E-state index is 13.2. The SMILES string of the molecule is COc1ccc(F)cc1C[S@](=O)Cc1nc(C)c(C)o1. The lowest BCUT2D eigenvalue weighted by Crippen LogP contribution is -2.02. The smallest absolute Gasteiger partial charge is 0.207 e. The van der Waals surface area contributed by atoms with E-state index in [1.165, 1.54) is 25.3 Å². The molecule has 1 aromatic heterocycles. The number of rotatable bonds is 5. The lowest BCUT2D eigenvalue weighted by atomic mass is 10.2. The largest absolute Gasteiger partial charge is 0.496 e. The Morgan fingerprint density at radius 3 is 2.70 bits per heavy atom. The minimum atomic E-state index is -1.24. The van der Waals surface area contributed by atoms with Crippen LogP contribution in [-0.2, 0) is 22.3 Å². The molecule has 0 unspecified atom stereocenters. The van der Waals surface area contributed by atoms with Crippen LogP contribution in [0.4, 0.5) is 4.39 Å². The van der Waals surface area contributed by atoms with Crippen molar-refractivity contribution in [3.05, 3.63) is 46.9 Å². The van der Waals surface area contributed by atoms with Crippen LogP contribution in [0.25, 0.3) is 0 Å². The Labute approximate surface area is 119 Å². The summed E-state index contributed by atoms with van der Waals surface area (Å²) in [5, 5.41) is 0. The molecule has 0 spiro atoms. The number of benzene rings is 1. The van der Waals surface area contributed by atoms with Crippen LogP contribution in [0.1, 0.15) is 22.9 Å². The van der Waals surface area contributed by atoms with Gasteiger partial charge in [-0.05, 0) is 32.0 Å². The quantitative estimate of drug-likeness (QED) is 0.851. The normalized spacial score (nSPS) is 12.4. The summed E-state index contributed by atoms with van der Waals surface area (Å²) < 4.78 is 35.9. The second kappa shape index (κ2) is 6.17. The molecule has 0 saturated carbocycles. The molecule has 1 aromatic carbocycles. The zero-order valence-electron chi connectivity index (χ0n) is 11.6. The molecule has 0 aliphatic rings. The average Bonchev–Trinajstić information content (AvgIpc) is 2.68. The van der Waals surface area contributed by atoms with Crippen molar-refractivity contribution in [2.45, 2.75) is 25.4 Å². The van der Waals surface area contributed by atoms with Gasteiger partial charge in [0, 0.05) is 16.4 Å². The van der Waals surface area contributed by atoms with Gasteiger partial charge in [-0.3, -0.25) is 4.21 Å². The summed E-state index contributed by atoms with van der Waals surface area (Å²) in [5.74, 6) is 1.71. The van der Waals surface area contributed by atoms with Gasteiger partial charge in [-0.15, -0.1) is 0 Å². The van der Waals surface area contributed by atoms with Crippen molar-refractivity contribution < 1.29 is 17.8 Å². The molecule has 2 aromatic rings. The number of aryl methyl sites for hydroxylation is 2. The van der Waals surface area contributed by atoms with E-state index in [0.29, 0.717) is 17.2 Å². The van der Waals surface area contributed by atoms with Gasteiger partial charge >= 0.3 is 0 Å². The molecule has 0 amide bonds. The summed E-state index contributed by atoms with van der Waals surface area (Å²) in [7, 11) is 0.260. The molecule has 0 N–H and O–H groups in total. The van der Waals surface area contributed by atoms with E-state index in [1.54, 1.807) is 0 Å². The highest BCUT2D eigenvalue weighted by Gasteiger charge is 2.13. The molecule has 0 fully saturated rings. The van der Waals surface area contributed by atoms with Crippen LogP contribution in [0.15, 0.2) is 22.6 Å². The van der Waals surface area contributed by atoms with Crippen LogP contribution < -0.4 is 4.74 Å². The van der Waals surface area contributed by atoms with Gasteiger partial charge in [0.2, 0.25) is 5.89 Å². The second-order valence-corrected chi connectivity index (χ2v) is 5.89. The first-order valence-electron chi connectivity index (χ1n) is 6.10. The molecule has 0 aliphatic carbocycles. The fourth-order valence-electron chi connectivity index (χ4n) is 1.82. The second-order valence-electron chi connectivity index (χ2n) is 4.43. The molecule has 6 heteroatoms. The molecule has 0 radical (unpaired) electrons. The van der Waals surface area contributed by atoms with Gasteiger partial charge in [-0.25, -0.2) is 9.37 Å². The van der Waals surface area contributed by atoms with Crippen molar-refractivity contribution in [3.63, 3.8) is 0 Å². The summed E-state index contributed by atoms with van der Waals surface area (Å²) in [6.07, 6.45) is 0. The molecule has 2 rings (SSSR count). The van der Waals surface area contributed by atoms with E-state index >= 15 is 0 Å². The highest BCUT2D eigenvalue weighted by atomic mass is 32.2. The number of methoxy groups -OCH3 is 1. The van der Waals surface area contributed by atoms with Crippen molar-refractivity contribution in [3.8, 4) is 5.75 Å². The van der Waals surface area contributed by atoms with Crippen LogP contribution in [0.2, 0.25) is 0 Å². The van der Waals surface area contributed by atoms with E-state index in [-0.39, 0.29) is 17.3 Å². The van der Waals surface area contributed by atoms with Gasteiger partial charge in [0.25, 0.3) is 0 Å². The van der Waals surface area contributed by atoms with Crippen molar-refractivity contribution in [1.82, 2.24) is 4.98 Å². The lowest BCUT2D eigenvalue weighted by molar-refractivity contribution is 0.410. The van der Waals surface area contributed by atoms with Gasteiger partial charge in [0.15, 0.2) is 0 Å². The van der Waals surface area contributed by atoms with Gasteiger partial charge < -0.3 is 9.15 Å². The summed E-state index contributed by atoms with van der Waals surface area (Å²) in [6.45, 7) is 3.64. The Balaban J connectivity index is 2.10. The third kappa shape index (κ3) is 3.45. The van der Waals surface area contributed by atoms with E-state index in [0.717, 1.165) is 11.5 Å². The highest BCUT2D eigenvalue weighted by molar-refractivity contribution is 7.83. The molecule has 0 aliphatic heterocycles. The summed E-state index contributed by atoms with van der Waals surface area (Å²) in [5.41, 5.74) is 1.37. The van der Waals surface area contributed by atoms with Crippen molar-refractivity contribution in [2.75, 3.05) is 7.11 Å². The van der Waals surface area contributed by atoms with Crippen LogP contribution in [0.3, 0.4) is 0 Å². The monoisotopic (exact) mass is 297 g/mol. The highest BCUT2D eigenvalue weighted by Crippen LogP contribution is 2.22. The summed E-state index contributed by atoms with van der Waals surface area (Å²) in [6, 6.07) is 4.18. The number of halogens is 1. The molecule has 1 atom stereocenters. The molecular formula is C14H16FNO3S. The van der Waals surface area contributed by atoms with E-state index in [1.807, 2.05) is 13.8 Å². The number of ether oxygens (including phenoxy) is 1. The van der Waals surface area contributed by atoms with Gasteiger partial charge in [0.1, 0.15) is 23.1 Å². The third-order valence-electron chi connectivity index (χ3n) is 2.92. The zero-order chi connectivity index (χ0) is 14.7. The maximum Gasteiger partial charge on any atom is 0.207 e. The first-order chi connectivity index (χ1) is 9.49. The summed E-state index contributed by atoms with van der Waals surface area (Å²) >= 11 is 0. The van der Waals surface area contributed by atoms with E-state index < -0.39 is 10.8 Å². The Bertz CT molecular complexity index is 620. The number of hydrogen-bond donors (Lipinski definition) is 0. The van der Waals surface area contributed by atoms with Gasteiger partial charge in [-0.2, -0.15) is 0 Å². The van der Waals surface area contributed by atoms with E-state index in [4.69, 9.17) is 9.15 Å². The molecule has 0 bridgehead atoms. The number of nitrogens with zero attached hydrogens (tertiary/aromatic N) is 1. The fraction of sp³-hybridized carbons (Fsp3) is 0.357. The van der Waals surface area contributed by atoms with Crippen molar-refractivity contribution >= 4 is 10.8 Å². The number of oxazole rings is 1. The van der Waals surface area contributed by atoms with E-state index in [9.17, 15) is 8.60 Å². The molecule has 108 valence electrons.